The van der Waals surface area contributed by atoms with E-state index in [-0.39, 0.29) is 11.5 Å². The largest absolute Gasteiger partial charge is 0.391 e. The first kappa shape index (κ1) is 12.0. The highest BCUT2D eigenvalue weighted by Crippen LogP contribution is 2.28. The van der Waals surface area contributed by atoms with E-state index in [0.717, 1.165) is 6.07 Å². The summed E-state index contributed by atoms with van der Waals surface area (Å²) < 4.78 is 13.8. The van der Waals surface area contributed by atoms with Crippen LogP contribution in [0.25, 0.3) is 6.08 Å². The highest BCUT2D eigenvalue weighted by molar-refractivity contribution is 6.00. The number of nitro benzene ring substituents is 1. The molecule has 0 spiro atoms. The molecule has 0 radical (unpaired) electrons. The maximum Gasteiger partial charge on any atom is 0.295 e. The van der Waals surface area contributed by atoms with E-state index in [1.165, 1.54) is 12.1 Å². The molecule has 3 N–H and O–H groups in total. The van der Waals surface area contributed by atoms with Crippen LogP contribution in [0.3, 0.4) is 0 Å². The quantitative estimate of drug-likeness (QED) is 0.357. The molecule has 1 aliphatic rings. The summed E-state index contributed by atoms with van der Waals surface area (Å²) in [7, 11) is 0. The van der Waals surface area contributed by atoms with Crippen LogP contribution in [-0.4, -0.2) is 17.4 Å². The molecule has 7 heteroatoms. The van der Waals surface area contributed by atoms with E-state index in [2.05, 4.69) is 5.32 Å². The Morgan fingerprint density at radius 2 is 2.22 bits per heavy atom. The molecule has 1 aliphatic heterocycles. The highest BCUT2D eigenvalue weighted by atomic mass is 19.1. The standard InChI is InChI=1S/C11H10FN3O3/c12-9-6(5-7-3-4-14-11(7)16)1-2-8(10(9)13)15(17)18/h1-2,5H,3-4,13H2,(H,14,16)/b7-5+. The molecule has 2 rings (SSSR count). The number of nitro groups is 1. The zero-order valence-electron chi connectivity index (χ0n) is 9.27. The van der Waals surface area contributed by atoms with Gasteiger partial charge in [0.15, 0.2) is 5.82 Å². The zero-order valence-corrected chi connectivity index (χ0v) is 9.27. The van der Waals surface area contributed by atoms with Gasteiger partial charge < -0.3 is 11.1 Å². The minimum atomic E-state index is -0.878. The Morgan fingerprint density at radius 3 is 2.78 bits per heavy atom. The van der Waals surface area contributed by atoms with Crippen molar-refractivity contribution < 1.29 is 14.1 Å². The molecular weight excluding hydrogens is 241 g/mol. The van der Waals surface area contributed by atoms with Crippen LogP contribution in [0.4, 0.5) is 15.8 Å². The number of rotatable bonds is 2. The highest BCUT2D eigenvalue weighted by Gasteiger charge is 2.20. The average molecular weight is 251 g/mol. The van der Waals surface area contributed by atoms with E-state index in [0.29, 0.717) is 18.5 Å². The Hall–Kier alpha value is -2.44. The van der Waals surface area contributed by atoms with E-state index in [1.54, 1.807) is 0 Å². The second-order valence-corrected chi connectivity index (χ2v) is 3.83. The van der Waals surface area contributed by atoms with Crippen LogP contribution in [0.1, 0.15) is 12.0 Å². The SMILES string of the molecule is Nc1c([N+](=O)[O-])ccc(/C=C2\CCNC2=O)c1F. The maximum atomic E-state index is 13.8. The number of halogens is 1. The molecular formula is C11H10FN3O3. The van der Waals surface area contributed by atoms with Crippen LogP contribution in [0.15, 0.2) is 17.7 Å². The van der Waals surface area contributed by atoms with Crippen molar-refractivity contribution in [1.82, 2.24) is 5.32 Å². The van der Waals surface area contributed by atoms with Gasteiger partial charge in [-0.05, 0) is 18.6 Å². The summed E-state index contributed by atoms with van der Waals surface area (Å²) in [5.41, 5.74) is 4.85. The molecule has 0 bridgehead atoms. The Morgan fingerprint density at radius 1 is 1.50 bits per heavy atom. The fraction of sp³-hybridized carbons (Fsp3) is 0.182. The van der Waals surface area contributed by atoms with Gasteiger partial charge >= 0.3 is 0 Å². The van der Waals surface area contributed by atoms with Gasteiger partial charge in [-0.1, -0.05) is 0 Å². The van der Waals surface area contributed by atoms with Crippen LogP contribution < -0.4 is 11.1 Å². The van der Waals surface area contributed by atoms with Crippen molar-refractivity contribution in [2.75, 3.05) is 12.3 Å². The van der Waals surface area contributed by atoms with Crippen molar-refractivity contribution in [3.05, 3.63) is 39.2 Å². The van der Waals surface area contributed by atoms with Crippen molar-refractivity contribution in [3.8, 4) is 0 Å². The van der Waals surface area contributed by atoms with Gasteiger partial charge in [-0.15, -0.1) is 0 Å². The van der Waals surface area contributed by atoms with Gasteiger partial charge in [-0.25, -0.2) is 4.39 Å². The molecule has 0 aromatic heterocycles. The van der Waals surface area contributed by atoms with E-state index >= 15 is 0 Å². The number of carbonyl (C=O) groups is 1. The van der Waals surface area contributed by atoms with Crippen LogP contribution >= 0.6 is 0 Å². The van der Waals surface area contributed by atoms with Crippen LogP contribution in [0, 0.1) is 15.9 Å². The number of nitrogen functional groups attached to an aromatic ring is 1. The molecule has 0 aliphatic carbocycles. The number of amides is 1. The monoisotopic (exact) mass is 251 g/mol. The van der Waals surface area contributed by atoms with Gasteiger partial charge in [0.2, 0.25) is 5.91 Å². The Balaban J connectivity index is 2.45. The zero-order chi connectivity index (χ0) is 13.3. The first-order chi connectivity index (χ1) is 8.50. The number of carbonyl (C=O) groups excluding carboxylic acids is 1. The summed E-state index contributed by atoms with van der Waals surface area (Å²) in [6.45, 7) is 0.509. The summed E-state index contributed by atoms with van der Waals surface area (Å²) in [5, 5.41) is 13.1. The van der Waals surface area contributed by atoms with Crippen LogP contribution in [-0.2, 0) is 4.79 Å². The molecule has 0 saturated carbocycles. The molecule has 18 heavy (non-hydrogen) atoms. The minimum Gasteiger partial charge on any atom is -0.391 e. The average Bonchev–Trinajstić information content (AvgIpc) is 2.70. The number of benzene rings is 1. The molecule has 1 fully saturated rings. The molecule has 1 amide bonds. The Labute approximate surface area is 101 Å². The van der Waals surface area contributed by atoms with E-state index in [4.69, 9.17) is 5.73 Å². The molecule has 1 heterocycles. The van der Waals surface area contributed by atoms with E-state index in [9.17, 15) is 19.3 Å². The molecule has 6 nitrogen and oxygen atoms in total. The number of hydrogen-bond acceptors (Lipinski definition) is 4. The maximum absolute atomic E-state index is 13.8. The normalized spacial score (nSPS) is 16.9. The first-order valence-corrected chi connectivity index (χ1v) is 5.22. The number of hydrogen-bond donors (Lipinski definition) is 2. The second-order valence-electron chi connectivity index (χ2n) is 3.83. The van der Waals surface area contributed by atoms with Gasteiger partial charge in [0.25, 0.3) is 5.69 Å². The van der Waals surface area contributed by atoms with Crippen LogP contribution in [0.5, 0.6) is 0 Å². The predicted octanol–water partition coefficient (Wildman–Crippen LogP) is 1.22. The first-order valence-electron chi connectivity index (χ1n) is 5.22. The van der Waals surface area contributed by atoms with Gasteiger partial charge in [-0.2, -0.15) is 0 Å². The van der Waals surface area contributed by atoms with Crippen LogP contribution in [0.2, 0.25) is 0 Å². The van der Waals surface area contributed by atoms with E-state index in [1.807, 2.05) is 0 Å². The summed E-state index contributed by atoms with van der Waals surface area (Å²) >= 11 is 0. The Bertz CT molecular complexity index is 569. The van der Waals surface area contributed by atoms with Crippen molar-refractivity contribution in [2.24, 2.45) is 0 Å². The van der Waals surface area contributed by atoms with E-state index < -0.39 is 22.1 Å². The fourth-order valence-corrected chi connectivity index (χ4v) is 1.73. The molecule has 1 saturated heterocycles. The minimum absolute atomic E-state index is 0.0742. The molecule has 1 aromatic carbocycles. The van der Waals surface area contributed by atoms with Gasteiger partial charge in [0.1, 0.15) is 5.69 Å². The topological polar surface area (TPSA) is 98.3 Å². The third-order valence-electron chi connectivity index (χ3n) is 2.68. The fourth-order valence-electron chi connectivity index (χ4n) is 1.73. The predicted molar refractivity (Wildman–Crippen MR) is 63.1 cm³/mol. The molecule has 0 atom stereocenters. The summed E-state index contributed by atoms with van der Waals surface area (Å²) in [6.07, 6.45) is 1.85. The smallest absolute Gasteiger partial charge is 0.295 e. The van der Waals surface area contributed by atoms with Gasteiger partial charge in [-0.3, -0.25) is 14.9 Å². The molecule has 0 unspecified atom stereocenters. The van der Waals surface area contributed by atoms with Crippen molar-refractivity contribution in [2.45, 2.75) is 6.42 Å². The third kappa shape index (κ3) is 2.02. The lowest BCUT2D eigenvalue weighted by atomic mass is 10.1. The number of anilines is 1. The summed E-state index contributed by atoms with van der Waals surface area (Å²) in [5.74, 6) is -1.14. The van der Waals surface area contributed by atoms with Crippen molar-refractivity contribution >= 4 is 23.4 Å². The summed E-state index contributed by atoms with van der Waals surface area (Å²) in [6, 6.07) is 2.36. The second kappa shape index (κ2) is 4.44. The Kier molecular flexibility index (Phi) is 2.97. The number of nitrogens with one attached hydrogen (secondary N) is 1. The lowest BCUT2D eigenvalue weighted by Gasteiger charge is -2.03. The molecule has 1 aromatic rings. The van der Waals surface area contributed by atoms with Crippen molar-refractivity contribution in [3.63, 3.8) is 0 Å². The van der Waals surface area contributed by atoms with Gasteiger partial charge in [0, 0.05) is 23.7 Å². The lowest BCUT2D eigenvalue weighted by molar-refractivity contribution is -0.384. The number of nitrogens with two attached hydrogens (primary N) is 1. The third-order valence-corrected chi connectivity index (χ3v) is 2.68. The van der Waals surface area contributed by atoms with Crippen molar-refractivity contribution in [1.29, 1.82) is 0 Å². The number of nitrogens with zero attached hydrogens (tertiary/aromatic N) is 1. The molecule has 94 valence electrons. The lowest BCUT2D eigenvalue weighted by Crippen LogP contribution is -2.14. The summed E-state index contributed by atoms with van der Waals surface area (Å²) in [4.78, 5) is 21.1. The van der Waals surface area contributed by atoms with Gasteiger partial charge in [0.05, 0.1) is 4.92 Å².